The molecule has 0 aromatic heterocycles. The number of amides is 1. The van der Waals surface area contributed by atoms with E-state index in [0.29, 0.717) is 28.9 Å². The first-order valence-electron chi connectivity index (χ1n) is 10.2. The normalized spacial score (nSPS) is 11.1. The molecule has 0 aliphatic carbocycles. The Bertz CT molecular complexity index is 1360. The van der Waals surface area contributed by atoms with Crippen LogP contribution in [0.5, 0.6) is 0 Å². The van der Waals surface area contributed by atoms with Crippen molar-refractivity contribution in [2.24, 2.45) is 0 Å². The Morgan fingerprint density at radius 3 is 2.12 bits per heavy atom. The summed E-state index contributed by atoms with van der Waals surface area (Å²) in [5.74, 6) is -0.607. The van der Waals surface area contributed by atoms with Crippen molar-refractivity contribution in [3.63, 3.8) is 0 Å². The molecular weight excluding hydrogens is 439 g/mol. The summed E-state index contributed by atoms with van der Waals surface area (Å²) in [7, 11) is -3.82. The maximum atomic E-state index is 13.4. The lowest BCUT2D eigenvalue weighted by Gasteiger charge is -2.10. The molecule has 0 bridgehead atoms. The fraction of sp³-hybridized carbons (Fsp3) is 0.0385. The molecule has 0 saturated heterocycles. The summed E-state index contributed by atoms with van der Waals surface area (Å²) in [6.45, 7) is 0.402. The first-order chi connectivity index (χ1) is 15.9. The van der Waals surface area contributed by atoms with E-state index in [1.807, 2.05) is 30.3 Å². The topological polar surface area (TPSA) is 75.3 Å². The zero-order valence-electron chi connectivity index (χ0n) is 17.5. The Balaban J connectivity index is 1.41. The smallest absolute Gasteiger partial charge is 0.261 e. The molecule has 0 spiro atoms. The number of carbonyl (C=O) groups is 1. The summed E-state index contributed by atoms with van der Waals surface area (Å²) in [6.07, 6.45) is 0. The van der Waals surface area contributed by atoms with Crippen molar-refractivity contribution in [3.8, 4) is 11.1 Å². The molecule has 0 saturated carbocycles. The Morgan fingerprint density at radius 2 is 1.45 bits per heavy atom. The van der Waals surface area contributed by atoms with E-state index < -0.39 is 10.0 Å². The van der Waals surface area contributed by atoms with E-state index in [1.165, 1.54) is 36.4 Å². The Labute approximate surface area is 192 Å². The van der Waals surface area contributed by atoms with Gasteiger partial charge in [-0.3, -0.25) is 9.52 Å². The number of hydrogen-bond donors (Lipinski definition) is 2. The molecule has 166 valence electrons. The number of anilines is 1. The summed E-state index contributed by atoms with van der Waals surface area (Å²) in [4.78, 5) is 12.4. The van der Waals surface area contributed by atoms with Crippen LogP contribution >= 0.6 is 0 Å². The van der Waals surface area contributed by atoms with Gasteiger partial charge in [-0.1, -0.05) is 54.6 Å². The molecule has 0 radical (unpaired) electrons. The monoisotopic (exact) mass is 460 g/mol. The van der Waals surface area contributed by atoms with Crippen LogP contribution in [0.25, 0.3) is 11.1 Å². The molecule has 4 rings (SSSR count). The van der Waals surface area contributed by atoms with Crippen molar-refractivity contribution >= 4 is 21.6 Å². The Hall–Kier alpha value is -3.97. The van der Waals surface area contributed by atoms with Gasteiger partial charge in [0.2, 0.25) is 0 Å². The van der Waals surface area contributed by atoms with E-state index in [0.717, 1.165) is 5.56 Å². The van der Waals surface area contributed by atoms with Gasteiger partial charge in [-0.05, 0) is 65.2 Å². The third kappa shape index (κ3) is 5.64. The summed E-state index contributed by atoms with van der Waals surface area (Å²) < 4.78 is 41.4. The van der Waals surface area contributed by atoms with Crippen LogP contribution < -0.4 is 10.0 Å². The van der Waals surface area contributed by atoms with Gasteiger partial charge in [-0.25, -0.2) is 12.8 Å². The van der Waals surface area contributed by atoms with E-state index in [2.05, 4.69) is 10.0 Å². The minimum absolute atomic E-state index is 0.0762. The van der Waals surface area contributed by atoms with Gasteiger partial charge < -0.3 is 5.32 Å². The molecule has 5 nitrogen and oxygen atoms in total. The van der Waals surface area contributed by atoms with Crippen molar-refractivity contribution in [3.05, 3.63) is 120 Å². The van der Waals surface area contributed by atoms with Gasteiger partial charge in [-0.2, -0.15) is 0 Å². The first kappa shape index (κ1) is 22.2. The zero-order chi connectivity index (χ0) is 23.3. The van der Waals surface area contributed by atoms with E-state index in [4.69, 9.17) is 0 Å². The second-order valence-electron chi connectivity index (χ2n) is 7.39. The molecule has 0 heterocycles. The van der Waals surface area contributed by atoms with Crippen LogP contribution in [0.3, 0.4) is 0 Å². The van der Waals surface area contributed by atoms with Gasteiger partial charge in [0, 0.05) is 17.8 Å². The number of sulfonamides is 1. The molecule has 1 amide bonds. The van der Waals surface area contributed by atoms with Gasteiger partial charge in [-0.15, -0.1) is 0 Å². The second kappa shape index (κ2) is 9.67. The fourth-order valence-electron chi connectivity index (χ4n) is 3.28. The maximum absolute atomic E-state index is 13.4. The number of rotatable bonds is 7. The second-order valence-corrected chi connectivity index (χ2v) is 9.07. The predicted octanol–water partition coefficient (Wildman–Crippen LogP) is 5.22. The molecule has 2 N–H and O–H groups in total. The van der Waals surface area contributed by atoms with Gasteiger partial charge in [0.15, 0.2) is 0 Å². The lowest BCUT2D eigenvalue weighted by Crippen LogP contribution is -2.22. The van der Waals surface area contributed by atoms with Crippen LogP contribution in [-0.2, 0) is 16.6 Å². The lowest BCUT2D eigenvalue weighted by atomic mass is 10.1. The third-order valence-corrected chi connectivity index (χ3v) is 6.41. The number of carbonyl (C=O) groups excluding carboxylic acids is 1. The average molecular weight is 461 g/mol. The molecule has 4 aromatic rings. The lowest BCUT2D eigenvalue weighted by molar-refractivity contribution is 0.0951. The largest absolute Gasteiger partial charge is 0.348 e. The number of benzene rings is 4. The summed E-state index contributed by atoms with van der Waals surface area (Å²) in [6, 6.07) is 28.0. The molecular formula is C26H21FN2O3S. The van der Waals surface area contributed by atoms with E-state index in [1.54, 1.807) is 36.4 Å². The minimum Gasteiger partial charge on any atom is -0.348 e. The van der Waals surface area contributed by atoms with Crippen molar-refractivity contribution in [2.45, 2.75) is 11.4 Å². The Morgan fingerprint density at radius 1 is 0.758 bits per heavy atom. The highest BCUT2D eigenvalue weighted by molar-refractivity contribution is 7.92. The van der Waals surface area contributed by atoms with Gasteiger partial charge in [0.1, 0.15) is 5.82 Å². The fourth-order valence-corrected chi connectivity index (χ4v) is 4.34. The van der Waals surface area contributed by atoms with E-state index >= 15 is 0 Å². The van der Waals surface area contributed by atoms with Crippen LogP contribution in [0, 0.1) is 5.82 Å². The molecule has 0 aliphatic heterocycles. The Kier molecular flexibility index (Phi) is 6.51. The molecule has 7 heteroatoms. The summed E-state index contributed by atoms with van der Waals surface area (Å²) >= 11 is 0. The highest BCUT2D eigenvalue weighted by atomic mass is 32.2. The third-order valence-electron chi connectivity index (χ3n) is 5.02. The maximum Gasteiger partial charge on any atom is 0.261 e. The zero-order valence-corrected chi connectivity index (χ0v) is 18.3. The number of nitrogens with one attached hydrogen (secondary N) is 2. The highest BCUT2D eigenvalue weighted by Gasteiger charge is 2.15. The molecule has 33 heavy (non-hydrogen) atoms. The van der Waals surface area contributed by atoms with Crippen LogP contribution in [0.4, 0.5) is 10.1 Å². The first-order valence-corrected chi connectivity index (χ1v) is 11.7. The number of hydrogen-bond acceptors (Lipinski definition) is 3. The van der Waals surface area contributed by atoms with Crippen molar-refractivity contribution < 1.29 is 17.6 Å². The van der Waals surface area contributed by atoms with Crippen molar-refractivity contribution in [2.75, 3.05) is 4.72 Å². The van der Waals surface area contributed by atoms with Gasteiger partial charge >= 0.3 is 0 Å². The standard InChI is InChI=1S/C26H21FN2O3S/c27-23-8-4-7-22(17-23)20-11-15-25(16-12-20)33(31,32)29-24-13-9-21(10-14-24)26(30)28-18-19-5-2-1-3-6-19/h1-17,29H,18H2,(H,28,30). The van der Waals surface area contributed by atoms with Crippen molar-refractivity contribution in [1.82, 2.24) is 5.32 Å². The summed E-state index contributed by atoms with van der Waals surface area (Å²) in [5, 5.41) is 2.83. The number of halogens is 1. The highest BCUT2D eigenvalue weighted by Crippen LogP contribution is 2.23. The van der Waals surface area contributed by atoms with E-state index in [9.17, 15) is 17.6 Å². The predicted molar refractivity (Wildman–Crippen MR) is 127 cm³/mol. The molecule has 0 atom stereocenters. The molecule has 0 aliphatic rings. The molecule has 0 fully saturated rings. The van der Waals surface area contributed by atoms with Crippen LogP contribution in [0.2, 0.25) is 0 Å². The van der Waals surface area contributed by atoms with Crippen molar-refractivity contribution in [1.29, 1.82) is 0 Å². The van der Waals surface area contributed by atoms with Gasteiger partial charge in [0.05, 0.1) is 4.90 Å². The SMILES string of the molecule is O=C(NCc1ccccc1)c1ccc(NS(=O)(=O)c2ccc(-c3cccc(F)c3)cc2)cc1. The van der Waals surface area contributed by atoms with Crippen LogP contribution in [0.15, 0.2) is 108 Å². The molecule has 4 aromatic carbocycles. The minimum atomic E-state index is -3.82. The van der Waals surface area contributed by atoms with Crippen LogP contribution in [0.1, 0.15) is 15.9 Å². The molecule has 0 unspecified atom stereocenters. The van der Waals surface area contributed by atoms with Crippen LogP contribution in [-0.4, -0.2) is 14.3 Å². The summed E-state index contributed by atoms with van der Waals surface area (Å²) in [5.41, 5.74) is 3.11. The van der Waals surface area contributed by atoms with Gasteiger partial charge in [0.25, 0.3) is 15.9 Å². The van der Waals surface area contributed by atoms with E-state index in [-0.39, 0.29) is 16.6 Å². The average Bonchev–Trinajstić information content (AvgIpc) is 2.83. The quantitative estimate of drug-likeness (QED) is 0.397.